The third-order valence-corrected chi connectivity index (χ3v) is 2.86. The van der Waals surface area contributed by atoms with Gasteiger partial charge in [0.05, 0.1) is 0 Å². The zero-order valence-corrected chi connectivity index (χ0v) is 13.3. The Labute approximate surface area is 140 Å². The predicted octanol–water partition coefficient (Wildman–Crippen LogP) is 0.908. The van der Waals surface area contributed by atoms with E-state index in [0.717, 1.165) is 0 Å². The monoisotopic (exact) mass is 332 g/mol. The van der Waals surface area contributed by atoms with Crippen molar-refractivity contribution >= 4 is 17.8 Å². The normalized spacial score (nSPS) is 9.67. The van der Waals surface area contributed by atoms with E-state index in [0.29, 0.717) is 13.1 Å². The minimum absolute atomic E-state index is 0.102. The van der Waals surface area contributed by atoms with E-state index in [-0.39, 0.29) is 23.8 Å². The quantitative estimate of drug-likeness (QED) is 0.507. The van der Waals surface area contributed by atoms with Crippen LogP contribution in [0.15, 0.2) is 49.6 Å². The number of nitrogens with zero attached hydrogens (tertiary/aromatic N) is 1. The summed E-state index contributed by atoms with van der Waals surface area (Å²) in [6.07, 6.45) is 3.13. The smallest absolute Gasteiger partial charge is 0.342 e. The van der Waals surface area contributed by atoms with Crippen molar-refractivity contribution in [2.24, 2.45) is 5.73 Å². The van der Waals surface area contributed by atoms with Gasteiger partial charge in [-0.1, -0.05) is 24.3 Å². The number of hydrogen-bond donors (Lipinski definition) is 1. The summed E-state index contributed by atoms with van der Waals surface area (Å²) in [7, 11) is 0. The van der Waals surface area contributed by atoms with Crippen LogP contribution in [0.2, 0.25) is 0 Å². The van der Waals surface area contributed by atoms with Gasteiger partial charge in [-0.3, -0.25) is 9.59 Å². The number of para-hydroxylation sites is 1. The Morgan fingerprint density at radius 2 is 1.71 bits per heavy atom. The van der Waals surface area contributed by atoms with Crippen LogP contribution in [-0.4, -0.2) is 49.0 Å². The molecule has 128 valence electrons. The van der Waals surface area contributed by atoms with Gasteiger partial charge in [0, 0.05) is 13.1 Å². The molecule has 7 nitrogen and oxygen atoms in total. The molecule has 0 aliphatic rings. The molecule has 0 aromatic heterocycles. The van der Waals surface area contributed by atoms with Crippen LogP contribution in [-0.2, 0) is 14.3 Å². The number of carbonyl (C=O) groups excluding carboxylic acids is 3. The number of rotatable bonds is 10. The molecule has 1 aromatic carbocycles. The summed E-state index contributed by atoms with van der Waals surface area (Å²) in [5.74, 6) is -1.63. The zero-order chi connectivity index (χ0) is 17.9. The first-order chi connectivity index (χ1) is 11.5. The van der Waals surface area contributed by atoms with Gasteiger partial charge in [-0.05, 0) is 12.1 Å². The SMILES string of the molecule is C=CCN(CC=C)C(=O)COC(=O)c1ccccc1OCC(N)=O. The largest absolute Gasteiger partial charge is 0.483 e. The van der Waals surface area contributed by atoms with E-state index < -0.39 is 18.5 Å². The number of carbonyl (C=O) groups is 3. The van der Waals surface area contributed by atoms with E-state index in [1.165, 1.54) is 17.0 Å². The topological polar surface area (TPSA) is 98.9 Å². The van der Waals surface area contributed by atoms with E-state index in [1.54, 1.807) is 24.3 Å². The van der Waals surface area contributed by atoms with Crippen molar-refractivity contribution in [1.29, 1.82) is 0 Å². The molecule has 24 heavy (non-hydrogen) atoms. The molecular formula is C17H20N2O5. The number of esters is 1. The number of benzene rings is 1. The highest BCUT2D eigenvalue weighted by atomic mass is 16.5. The molecule has 0 saturated heterocycles. The summed E-state index contributed by atoms with van der Waals surface area (Å²) in [6, 6.07) is 6.21. The lowest BCUT2D eigenvalue weighted by Crippen LogP contribution is -2.35. The predicted molar refractivity (Wildman–Crippen MR) is 88.4 cm³/mol. The summed E-state index contributed by atoms with van der Waals surface area (Å²) in [4.78, 5) is 36.4. The van der Waals surface area contributed by atoms with Crippen LogP contribution < -0.4 is 10.5 Å². The number of primary amides is 1. The molecule has 0 atom stereocenters. The molecule has 0 bridgehead atoms. The Balaban J connectivity index is 2.70. The van der Waals surface area contributed by atoms with Gasteiger partial charge in [0.15, 0.2) is 13.2 Å². The van der Waals surface area contributed by atoms with Gasteiger partial charge in [-0.25, -0.2) is 4.79 Å². The van der Waals surface area contributed by atoms with E-state index in [4.69, 9.17) is 15.2 Å². The van der Waals surface area contributed by atoms with Crippen LogP contribution in [0, 0.1) is 0 Å². The first kappa shape index (κ1) is 19.0. The van der Waals surface area contributed by atoms with Crippen molar-refractivity contribution in [3.63, 3.8) is 0 Å². The zero-order valence-electron chi connectivity index (χ0n) is 13.3. The second kappa shape index (κ2) is 9.83. The Morgan fingerprint density at radius 1 is 1.08 bits per heavy atom. The molecule has 0 aliphatic carbocycles. The second-order valence-corrected chi connectivity index (χ2v) is 4.70. The highest BCUT2D eigenvalue weighted by Gasteiger charge is 2.18. The third-order valence-electron chi connectivity index (χ3n) is 2.86. The van der Waals surface area contributed by atoms with Crippen LogP contribution in [0.1, 0.15) is 10.4 Å². The summed E-state index contributed by atoms with van der Waals surface area (Å²) < 4.78 is 10.2. The molecule has 1 aromatic rings. The number of amides is 2. The Kier molecular flexibility index (Phi) is 7.77. The van der Waals surface area contributed by atoms with Gasteiger partial charge in [0.1, 0.15) is 11.3 Å². The maximum absolute atomic E-state index is 12.1. The average molecular weight is 332 g/mol. The van der Waals surface area contributed by atoms with Gasteiger partial charge in [0.25, 0.3) is 11.8 Å². The van der Waals surface area contributed by atoms with Crippen LogP contribution in [0.25, 0.3) is 0 Å². The van der Waals surface area contributed by atoms with E-state index in [9.17, 15) is 14.4 Å². The van der Waals surface area contributed by atoms with Gasteiger partial charge >= 0.3 is 5.97 Å². The van der Waals surface area contributed by atoms with Crippen molar-refractivity contribution in [2.45, 2.75) is 0 Å². The fraction of sp³-hybridized carbons (Fsp3) is 0.235. The molecule has 0 unspecified atom stereocenters. The summed E-state index contributed by atoms with van der Waals surface area (Å²) in [5, 5.41) is 0. The maximum atomic E-state index is 12.1. The number of ether oxygens (including phenoxy) is 2. The van der Waals surface area contributed by atoms with Crippen LogP contribution in [0.5, 0.6) is 5.75 Å². The van der Waals surface area contributed by atoms with Crippen molar-refractivity contribution in [3.8, 4) is 5.75 Å². The third kappa shape index (κ3) is 5.96. The minimum atomic E-state index is -0.736. The van der Waals surface area contributed by atoms with Crippen molar-refractivity contribution in [2.75, 3.05) is 26.3 Å². The highest BCUT2D eigenvalue weighted by Crippen LogP contribution is 2.18. The summed E-state index contributed by atoms with van der Waals surface area (Å²) in [6.45, 7) is 6.98. The molecule has 0 fully saturated rings. The molecule has 2 N–H and O–H groups in total. The molecular weight excluding hydrogens is 312 g/mol. The first-order valence-electron chi connectivity index (χ1n) is 7.16. The van der Waals surface area contributed by atoms with Crippen LogP contribution in [0.3, 0.4) is 0 Å². The minimum Gasteiger partial charge on any atom is -0.483 e. The molecule has 0 spiro atoms. The highest BCUT2D eigenvalue weighted by molar-refractivity contribution is 5.94. The molecule has 2 amide bonds. The van der Waals surface area contributed by atoms with Gasteiger partial charge in [-0.15, -0.1) is 13.2 Å². The van der Waals surface area contributed by atoms with E-state index >= 15 is 0 Å². The lowest BCUT2D eigenvalue weighted by Gasteiger charge is -2.19. The van der Waals surface area contributed by atoms with Crippen molar-refractivity contribution in [1.82, 2.24) is 4.90 Å². The first-order valence-corrected chi connectivity index (χ1v) is 7.16. The van der Waals surface area contributed by atoms with Crippen molar-refractivity contribution < 1.29 is 23.9 Å². The summed E-state index contributed by atoms with van der Waals surface area (Å²) >= 11 is 0. The van der Waals surface area contributed by atoms with Gasteiger partial charge < -0.3 is 20.1 Å². The second-order valence-electron chi connectivity index (χ2n) is 4.70. The lowest BCUT2D eigenvalue weighted by molar-refractivity contribution is -0.133. The Hall–Kier alpha value is -3.09. The molecule has 0 aliphatic heterocycles. The average Bonchev–Trinajstić information content (AvgIpc) is 2.57. The van der Waals surface area contributed by atoms with Gasteiger partial charge in [-0.2, -0.15) is 0 Å². The lowest BCUT2D eigenvalue weighted by atomic mass is 10.2. The van der Waals surface area contributed by atoms with E-state index in [1.807, 2.05) is 0 Å². The molecule has 0 radical (unpaired) electrons. The standard InChI is InChI=1S/C17H20N2O5/c1-3-9-19(10-4-2)16(21)12-24-17(22)13-7-5-6-8-14(13)23-11-15(18)20/h3-8H,1-2,9-12H2,(H2,18,20). The molecule has 0 heterocycles. The van der Waals surface area contributed by atoms with Crippen LogP contribution in [0.4, 0.5) is 0 Å². The summed E-state index contributed by atoms with van der Waals surface area (Å²) in [5.41, 5.74) is 5.11. The van der Waals surface area contributed by atoms with Crippen molar-refractivity contribution in [3.05, 3.63) is 55.1 Å². The van der Waals surface area contributed by atoms with E-state index in [2.05, 4.69) is 13.2 Å². The fourth-order valence-electron chi connectivity index (χ4n) is 1.80. The fourth-order valence-corrected chi connectivity index (χ4v) is 1.80. The molecule has 1 rings (SSSR count). The Bertz CT molecular complexity index is 617. The number of nitrogens with two attached hydrogens (primary N) is 1. The Morgan fingerprint density at radius 3 is 2.29 bits per heavy atom. The molecule has 7 heteroatoms. The molecule has 0 saturated carbocycles. The number of hydrogen-bond acceptors (Lipinski definition) is 5. The maximum Gasteiger partial charge on any atom is 0.342 e. The van der Waals surface area contributed by atoms with Gasteiger partial charge in [0.2, 0.25) is 0 Å². The van der Waals surface area contributed by atoms with Crippen LogP contribution >= 0.6 is 0 Å².